The van der Waals surface area contributed by atoms with Crippen LogP contribution in [0.2, 0.25) is 0 Å². The Bertz CT molecular complexity index is 688. The summed E-state index contributed by atoms with van der Waals surface area (Å²) >= 11 is 5.35. The average Bonchev–Trinajstić information content (AvgIpc) is 2.81. The number of carbonyl (C=O) groups is 1. The fourth-order valence-corrected chi connectivity index (χ4v) is 1.63. The van der Waals surface area contributed by atoms with Crippen molar-refractivity contribution in [3.05, 3.63) is 41.6 Å². The minimum atomic E-state index is -0.876. The molecule has 1 N–H and O–H groups in total. The molecule has 0 spiro atoms. The van der Waals surface area contributed by atoms with Gasteiger partial charge in [0.2, 0.25) is 5.91 Å². The normalized spacial score (nSPS) is 10.1. The molecule has 5 nitrogen and oxygen atoms in total. The summed E-state index contributed by atoms with van der Waals surface area (Å²) in [5.74, 6) is -2.73. The van der Waals surface area contributed by atoms with Crippen LogP contribution in [0, 0.1) is 23.0 Å². The highest BCUT2D eigenvalue weighted by molar-refractivity contribution is 6.29. The highest BCUT2D eigenvalue weighted by Crippen LogP contribution is 2.22. The number of nitriles is 1. The standard InChI is InChI=1S/C12H7ClF2N4O/c13-5-11(20)17-10-4-7(6-16)18-19(10)12-8(14)2-1-3-9(12)15/h1-4H,5H2,(H,17,20). The van der Waals surface area contributed by atoms with Crippen molar-refractivity contribution in [2.24, 2.45) is 0 Å². The van der Waals surface area contributed by atoms with Gasteiger partial charge in [0.25, 0.3) is 0 Å². The zero-order valence-corrected chi connectivity index (χ0v) is 10.7. The van der Waals surface area contributed by atoms with Crippen molar-refractivity contribution in [3.8, 4) is 11.8 Å². The first-order chi connectivity index (χ1) is 9.56. The molecule has 0 bridgehead atoms. The second-order valence-corrected chi connectivity index (χ2v) is 3.96. The maximum atomic E-state index is 13.7. The van der Waals surface area contributed by atoms with Gasteiger partial charge in [-0.3, -0.25) is 4.79 Å². The Balaban J connectivity index is 2.58. The molecule has 20 heavy (non-hydrogen) atoms. The van der Waals surface area contributed by atoms with Crippen LogP contribution in [0.1, 0.15) is 5.69 Å². The monoisotopic (exact) mass is 296 g/mol. The van der Waals surface area contributed by atoms with E-state index in [1.165, 1.54) is 12.1 Å². The Labute approximate surface area is 117 Å². The van der Waals surface area contributed by atoms with Gasteiger partial charge in [-0.2, -0.15) is 10.4 Å². The molecule has 0 aliphatic rings. The Hall–Kier alpha value is -2.46. The van der Waals surface area contributed by atoms with Crippen molar-refractivity contribution >= 4 is 23.3 Å². The van der Waals surface area contributed by atoms with E-state index in [0.717, 1.165) is 16.8 Å². The summed E-state index contributed by atoms with van der Waals surface area (Å²) in [6.07, 6.45) is 0. The number of alkyl halides is 1. The van der Waals surface area contributed by atoms with Crippen LogP contribution in [0.25, 0.3) is 5.69 Å². The molecule has 8 heteroatoms. The molecule has 102 valence electrons. The van der Waals surface area contributed by atoms with Crippen molar-refractivity contribution in [1.82, 2.24) is 9.78 Å². The first kappa shape index (κ1) is 14.0. The van der Waals surface area contributed by atoms with Crippen molar-refractivity contribution in [2.75, 3.05) is 11.2 Å². The van der Waals surface area contributed by atoms with Crippen molar-refractivity contribution in [3.63, 3.8) is 0 Å². The number of anilines is 1. The third-order valence-electron chi connectivity index (χ3n) is 2.36. The van der Waals surface area contributed by atoms with Gasteiger partial charge in [-0.15, -0.1) is 11.6 Å². The van der Waals surface area contributed by atoms with Crippen LogP contribution in [-0.4, -0.2) is 21.6 Å². The van der Waals surface area contributed by atoms with E-state index in [0.29, 0.717) is 0 Å². The van der Waals surface area contributed by atoms with Gasteiger partial charge < -0.3 is 5.32 Å². The molecule has 0 fully saturated rings. The number of aromatic nitrogens is 2. The molecule has 0 aliphatic carbocycles. The molecule has 1 amide bonds. The van der Waals surface area contributed by atoms with Crippen LogP contribution in [0.5, 0.6) is 0 Å². The van der Waals surface area contributed by atoms with E-state index in [-0.39, 0.29) is 17.4 Å². The molecule has 2 aromatic rings. The number of halogens is 3. The third kappa shape index (κ3) is 2.60. The maximum absolute atomic E-state index is 13.7. The molecule has 1 heterocycles. The SMILES string of the molecule is N#Cc1cc(NC(=O)CCl)n(-c2c(F)cccc2F)n1. The molecule has 0 saturated heterocycles. The summed E-state index contributed by atoms with van der Waals surface area (Å²) in [5.41, 5.74) is -0.587. The van der Waals surface area contributed by atoms with Crippen LogP contribution >= 0.6 is 11.6 Å². The number of benzene rings is 1. The number of rotatable bonds is 3. The predicted molar refractivity (Wildman–Crippen MR) is 67.5 cm³/mol. The predicted octanol–water partition coefficient (Wildman–Crippen LogP) is 2.20. The van der Waals surface area contributed by atoms with Crippen molar-refractivity contribution in [1.29, 1.82) is 5.26 Å². The third-order valence-corrected chi connectivity index (χ3v) is 2.60. The largest absolute Gasteiger partial charge is 0.310 e. The lowest BCUT2D eigenvalue weighted by Gasteiger charge is -2.09. The summed E-state index contributed by atoms with van der Waals surface area (Å²) in [6, 6.07) is 6.19. The Morgan fingerprint density at radius 3 is 2.65 bits per heavy atom. The molecular weight excluding hydrogens is 290 g/mol. The van der Waals surface area contributed by atoms with E-state index >= 15 is 0 Å². The average molecular weight is 297 g/mol. The van der Waals surface area contributed by atoms with Crippen LogP contribution < -0.4 is 5.32 Å². The smallest absolute Gasteiger partial charge is 0.240 e. The highest BCUT2D eigenvalue weighted by Gasteiger charge is 2.18. The minimum Gasteiger partial charge on any atom is -0.310 e. The number of hydrogen-bond donors (Lipinski definition) is 1. The Morgan fingerprint density at radius 2 is 2.10 bits per heavy atom. The van der Waals surface area contributed by atoms with E-state index in [4.69, 9.17) is 16.9 Å². The summed E-state index contributed by atoms with van der Waals surface area (Å²) in [7, 11) is 0. The minimum absolute atomic E-state index is 0.0452. The van der Waals surface area contributed by atoms with E-state index in [9.17, 15) is 13.6 Å². The summed E-state index contributed by atoms with van der Waals surface area (Å²) in [4.78, 5) is 11.3. The van der Waals surface area contributed by atoms with Gasteiger partial charge in [-0.05, 0) is 12.1 Å². The molecule has 0 aliphatic heterocycles. The van der Waals surface area contributed by atoms with Crippen LogP contribution in [-0.2, 0) is 4.79 Å². The molecule has 0 atom stereocenters. The number of hydrogen-bond acceptors (Lipinski definition) is 3. The lowest BCUT2D eigenvalue weighted by molar-refractivity contribution is -0.114. The Morgan fingerprint density at radius 1 is 1.45 bits per heavy atom. The first-order valence-electron chi connectivity index (χ1n) is 5.37. The maximum Gasteiger partial charge on any atom is 0.240 e. The van der Waals surface area contributed by atoms with E-state index in [2.05, 4.69) is 10.4 Å². The van der Waals surface area contributed by atoms with E-state index in [1.807, 2.05) is 0 Å². The van der Waals surface area contributed by atoms with Crippen LogP contribution in [0.3, 0.4) is 0 Å². The molecule has 0 saturated carbocycles. The second kappa shape index (κ2) is 5.67. The van der Waals surface area contributed by atoms with Gasteiger partial charge in [-0.25, -0.2) is 13.5 Å². The van der Waals surface area contributed by atoms with Crippen LogP contribution in [0.15, 0.2) is 24.3 Å². The number of amides is 1. The highest BCUT2D eigenvalue weighted by atomic mass is 35.5. The quantitative estimate of drug-likeness (QED) is 0.883. The zero-order chi connectivity index (χ0) is 14.7. The van der Waals surface area contributed by atoms with Crippen molar-refractivity contribution in [2.45, 2.75) is 0 Å². The zero-order valence-electron chi connectivity index (χ0n) is 9.90. The summed E-state index contributed by atoms with van der Waals surface area (Å²) in [6.45, 7) is 0. The topological polar surface area (TPSA) is 70.7 Å². The van der Waals surface area contributed by atoms with Crippen LogP contribution in [0.4, 0.5) is 14.6 Å². The molecule has 1 aromatic heterocycles. The van der Waals surface area contributed by atoms with Gasteiger partial charge in [0.15, 0.2) is 17.3 Å². The number of para-hydroxylation sites is 1. The fourth-order valence-electron chi connectivity index (χ4n) is 1.56. The summed E-state index contributed by atoms with van der Waals surface area (Å²) in [5, 5.41) is 14.8. The van der Waals surface area contributed by atoms with Gasteiger partial charge >= 0.3 is 0 Å². The second-order valence-electron chi connectivity index (χ2n) is 3.69. The molecule has 2 rings (SSSR count). The van der Waals surface area contributed by atoms with Gasteiger partial charge in [-0.1, -0.05) is 6.07 Å². The molecule has 0 unspecified atom stereocenters. The lowest BCUT2D eigenvalue weighted by atomic mass is 10.3. The van der Waals surface area contributed by atoms with Gasteiger partial charge in [0, 0.05) is 6.07 Å². The number of nitrogens with zero attached hydrogens (tertiary/aromatic N) is 3. The fraction of sp³-hybridized carbons (Fsp3) is 0.0833. The lowest BCUT2D eigenvalue weighted by Crippen LogP contribution is -2.16. The molecular formula is C12H7ClF2N4O. The Kier molecular flexibility index (Phi) is 3.96. The first-order valence-corrected chi connectivity index (χ1v) is 5.90. The van der Waals surface area contributed by atoms with E-state index in [1.54, 1.807) is 6.07 Å². The van der Waals surface area contributed by atoms with Crippen molar-refractivity contribution < 1.29 is 13.6 Å². The molecule has 0 radical (unpaired) electrons. The number of nitrogens with one attached hydrogen (secondary N) is 1. The number of carbonyl (C=O) groups excluding carboxylic acids is 1. The summed E-state index contributed by atoms with van der Waals surface area (Å²) < 4.78 is 28.3. The van der Waals surface area contributed by atoms with Gasteiger partial charge in [0.1, 0.15) is 23.5 Å². The molecule has 1 aromatic carbocycles. The van der Waals surface area contributed by atoms with E-state index < -0.39 is 23.2 Å². The van der Waals surface area contributed by atoms with Gasteiger partial charge in [0.05, 0.1) is 0 Å².